The maximum atomic E-state index is 4.73. The molecule has 0 atom stereocenters. The molecule has 2 N–H and O–H groups in total. The molecule has 0 saturated heterocycles. The number of allylic oxidation sites excluding steroid dienone is 1. The first-order valence-corrected chi connectivity index (χ1v) is 10.5. The van der Waals surface area contributed by atoms with Crippen molar-refractivity contribution >= 4 is 16.6 Å². The number of nitrogens with zero attached hydrogens (tertiary/aromatic N) is 4. The minimum Gasteiger partial charge on any atom is -0.380 e. The number of aromatic amines is 1. The molecule has 0 aliphatic carbocycles. The van der Waals surface area contributed by atoms with Crippen LogP contribution in [-0.2, 0) is 13.0 Å². The lowest BCUT2D eigenvalue weighted by atomic mass is 9.98. The molecule has 6 nitrogen and oxygen atoms in total. The van der Waals surface area contributed by atoms with Crippen LogP contribution in [0.5, 0.6) is 0 Å². The van der Waals surface area contributed by atoms with Crippen LogP contribution in [-0.4, -0.2) is 25.6 Å². The summed E-state index contributed by atoms with van der Waals surface area (Å²) in [5, 5.41) is 19.0. The van der Waals surface area contributed by atoms with Crippen molar-refractivity contribution < 1.29 is 0 Å². The second-order valence-electron chi connectivity index (χ2n) is 7.52. The summed E-state index contributed by atoms with van der Waals surface area (Å²) in [4.78, 5) is 4.73. The van der Waals surface area contributed by atoms with Gasteiger partial charge >= 0.3 is 0 Å². The second kappa shape index (κ2) is 8.81. The lowest BCUT2D eigenvalue weighted by Gasteiger charge is -2.12. The van der Waals surface area contributed by atoms with Crippen molar-refractivity contribution in [1.29, 1.82) is 0 Å². The highest BCUT2D eigenvalue weighted by Crippen LogP contribution is 2.30. The van der Waals surface area contributed by atoms with E-state index < -0.39 is 0 Å². The lowest BCUT2D eigenvalue weighted by Crippen LogP contribution is -2.02. The van der Waals surface area contributed by atoms with Crippen molar-refractivity contribution in [2.45, 2.75) is 13.0 Å². The van der Waals surface area contributed by atoms with E-state index >= 15 is 0 Å². The van der Waals surface area contributed by atoms with Crippen molar-refractivity contribution in [3.63, 3.8) is 0 Å². The zero-order valence-electron chi connectivity index (χ0n) is 17.5. The topological polar surface area (TPSA) is 79.4 Å². The van der Waals surface area contributed by atoms with Gasteiger partial charge in [-0.15, -0.1) is 11.7 Å². The highest BCUT2D eigenvalue weighted by atomic mass is 15.5. The van der Waals surface area contributed by atoms with Crippen LogP contribution in [0.15, 0.2) is 91.5 Å². The van der Waals surface area contributed by atoms with E-state index in [9.17, 15) is 0 Å². The SMILES string of the molecule is C=CCc1cc(NCc2ccc(-c3ccccc3-c3nnn[nH]3)cc2)c2ccccc2n1. The van der Waals surface area contributed by atoms with Gasteiger partial charge in [-0.1, -0.05) is 72.8 Å². The van der Waals surface area contributed by atoms with Gasteiger partial charge in [0.1, 0.15) is 0 Å². The summed E-state index contributed by atoms with van der Waals surface area (Å²) in [7, 11) is 0. The predicted octanol–water partition coefficient (Wildman–Crippen LogP) is 5.42. The van der Waals surface area contributed by atoms with E-state index in [1.165, 1.54) is 5.56 Å². The average molecular weight is 419 g/mol. The molecule has 0 fully saturated rings. The Bertz CT molecular complexity index is 1360. The Morgan fingerprint density at radius 2 is 1.69 bits per heavy atom. The highest BCUT2D eigenvalue weighted by molar-refractivity contribution is 5.91. The van der Waals surface area contributed by atoms with Crippen molar-refractivity contribution in [3.8, 4) is 22.5 Å². The quantitative estimate of drug-likeness (QED) is 0.345. The van der Waals surface area contributed by atoms with Crippen LogP contribution in [0.25, 0.3) is 33.4 Å². The fourth-order valence-corrected chi connectivity index (χ4v) is 3.84. The summed E-state index contributed by atoms with van der Waals surface area (Å²) in [5.74, 6) is 0.659. The number of aromatic nitrogens is 5. The van der Waals surface area contributed by atoms with Gasteiger partial charge in [0, 0.05) is 35.3 Å². The third-order valence-corrected chi connectivity index (χ3v) is 5.40. The van der Waals surface area contributed by atoms with Gasteiger partial charge in [0.25, 0.3) is 0 Å². The summed E-state index contributed by atoms with van der Waals surface area (Å²) < 4.78 is 0. The van der Waals surface area contributed by atoms with E-state index in [2.05, 4.69) is 75.0 Å². The fraction of sp³-hybridized carbons (Fsp3) is 0.0769. The Morgan fingerprint density at radius 1 is 0.906 bits per heavy atom. The molecule has 6 heteroatoms. The number of tetrazole rings is 1. The normalized spacial score (nSPS) is 10.9. The van der Waals surface area contributed by atoms with Crippen LogP contribution < -0.4 is 5.32 Å². The third kappa shape index (κ3) is 3.98. The molecule has 156 valence electrons. The largest absolute Gasteiger partial charge is 0.380 e. The number of H-pyrrole nitrogens is 1. The Hall–Kier alpha value is -4.32. The summed E-state index contributed by atoms with van der Waals surface area (Å²) >= 11 is 0. The van der Waals surface area contributed by atoms with Crippen molar-refractivity contribution in [2.24, 2.45) is 0 Å². The number of anilines is 1. The molecule has 5 rings (SSSR count). The van der Waals surface area contributed by atoms with Crippen LogP contribution in [0.3, 0.4) is 0 Å². The molecule has 2 aromatic heterocycles. The zero-order valence-corrected chi connectivity index (χ0v) is 17.5. The maximum Gasteiger partial charge on any atom is 0.180 e. The van der Waals surface area contributed by atoms with Gasteiger partial charge in [-0.25, -0.2) is 5.10 Å². The van der Waals surface area contributed by atoms with Crippen LogP contribution in [0.1, 0.15) is 11.3 Å². The Morgan fingerprint density at radius 3 is 2.47 bits per heavy atom. The third-order valence-electron chi connectivity index (χ3n) is 5.40. The lowest BCUT2D eigenvalue weighted by molar-refractivity contribution is 0.881. The Labute approximate surface area is 186 Å². The molecule has 5 aromatic rings. The maximum absolute atomic E-state index is 4.73. The number of nitrogens with one attached hydrogen (secondary N) is 2. The van der Waals surface area contributed by atoms with E-state index in [0.29, 0.717) is 5.82 Å². The number of hydrogen-bond acceptors (Lipinski definition) is 5. The van der Waals surface area contributed by atoms with Gasteiger partial charge in [-0.05, 0) is 39.2 Å². The number of hydrogen-bond donors (Lipinski definition) is 2. The first-order valence-electron chi connectivity index (χ1n) is 10.5. The first kappa shape index (κ1) is 19.6. The van der Waals surface area contributed by atoms with Gasteiger partial charge in [0.05, 0.1) is 5.52 Å². The van der Waals surface area contributed by atoms with Gasteiger partial charge < -0.3 is 5.32 Å². The van der Waals surface area contributed by atoms with E-state index in [4.69, 9.17) is 4.98 Å². The molecule has 0 spiro atoms. The van der Waals surface area contributed by atoms with E-state index in [0.717, 1.165) is 51.9 Å². The number of rotatable bonds is 7. The minimum absolute atomic E-state index is 0.659. The number of benzene rings is 3. The Kier molecular flexibility index (Phi) is 5.41. The van der Waals surface area contributed by atoms with Gasteiger partial charge in [0.15, 0.2) is 5.82 Å². The predicted molar refractivity (Wildman–Crippen MR) is 128 cm³/mol. The monoisotopic (exact) mass is 418 g/mol. The smallest absolute Gasteiger partial charge is 0.180 e. The summed E-state index contributed by atoms with van der Waals surface area (Å²) in [6, 6.07) is 27.0. The van der Waals surface area contributed by atoms with Crippen LogP contribution in [0, 0.1) is 0 Å². The first-order chi connectivity index (χ1) is 15.8. The van der Waals surface area contributed by atoms with Crippen LogP contribution in [0.2, 0.25) is 0 Å². The van der Waals surface area contributed by atoms with Crippen LogP contribution >= 0.6 is 0 Å². The molecule has 0 saturated carbocycles. The minimum atomic E-state index is 0.659. The van der Waals surface area contributed by atoms with Crippen molar-refractivity contribution in [1.82, 2.24) is 25.6 Å². The summed E-state index contributed by atoms with van der Waals surface area (Å²) in [6.45, 7) is 4.56. The molecule has 0 amide bonds. The Balaban J connectivity index is 1.39. The summed E-state index contributed by atoms with van der Waals surface area (Å²) in [6.07, 6.45) is 2.63. The molecule has 0 aliphatic rings. The molecular formula is C26H22N6. The van der Waals surface area contributed by atoms with Gasteiger partial charge in [0.2, 0.25) is 0 Å². The molecule has 0 unspecified atom stereocenters. The molecular weight excluding hydrogens is 396 g/mol. The highest BCUT2D eigenvalue weighted by Gasteiger charge is 2.10. The molecule has 32 heavy (non-hydrogen) atoms. The number of pyridine rings is 1. The van der Waals surface area contributed by atoms with E-state index in [-0.39, 0.29) is 0 Å². The van der Waals surface area contributed by atoms with E-state index in [1.54, 1.807) is 0 Å². The standard InChI is InChI=1S/C26H22N6/c1-2-7-20-16-25(23-10-5-6-11-24(23)28-20)27-17-18-12-14-19(15-13-18)21-8-3-4-9-22(21)26-29-31-32-30-26/h2-6,8-16H,1,7,17H2,(H,27,28)(H,29,30,31,32). The number of fused-ring (bicyclic) bond motifs is 1. The zero-order chi connectivity index (χ0) is 21.8. The molecule has 0 radical (unpaired) electrons. The number of para-hydroxylation sites is 1. The molecule has 2 heterocycles. The van der Waals surface area contributed by atoms with Crippen molar-refractivity contribution in [3.05, 3.63) is 103 Å². The van der Waals surface area contributed by atoms with Gasteiger partial charge in [-0.2, -0.15) is 0 Å². The molecule has 0 aliphatic heterocycles. The molecule has 3 aromatic carbocycles. The second-order valence-corrected chi connectivity index (χ2v) is 7.52. The van der Waals surface area contributed by atoms with Crippen LogP contribution in [0.4, 0.5) is 5.69 Å². The fourth-order valence-electron chi connectivity index (χ4n) is 3.84. The van der Waals surface area contributed by atoms with E-state index in [1.807, 2.05) is 42.5 Å². The average Bonchev–Trinajstić information content (AvgIpc) is 3.38. The summed E-state index contributed by atoms with van der Waals surface area (Å²) in [5.41, 5.74) is 7.45. The molecule has 0 bridgehead atoms. The van der Waals surface area contributed by atoms with Crippen molar-refractivity contribution in [2.75, 3.05) is 5.32 Å². The van der Waals surface area contributed by atoms with Gasteiger partial charge in [-0.3, -0.25) is 4.98 Å².